The summed E-state index contributed by atoms with van der Waals surface area (Å²) < 4.78 is 10.5. The van der Waals surface area contributed by atoms with Crippen molar-refractivity contribution in [2.75, 3.05) is 26.6 Å². The summed E-state index contributed by atoms with van der Waals surface area (Å²) in [6.07, 6.45) is 0. The number of nitrogens with zero attached hydrogens (tertiary/aromatic N) is 1. The topological polar surface area (TPSA) is 50.8 Å². The van der Waals surface area contributed by atoms with Gasteiger partial charge < -0.3 is 14.8 Å². The molecule has 2 aromatic carbocycles. The van der Waals surface area contributed by atoms with Crippen molar-refractivity contribution in [3.8, 4) is 11.5 Å². The predicted octanol–water partition coefficient (Wildman–Crippen LogP) is 3.82. The number of halogens is 1. The van der Waals surface area contributed by atoms with Crippen LogP contribution >= 0.6 is 11.6 Å². The number of rotatable bonds is 7. The summed E-state index contributed by atoms with van der Waals surface area (Å²) in [6, 6.07) is 12.6. The van der Waals surface area contributed by atoms with E-state index in [1.807, 2.05) is 43.1 Å². The van der Waals surface area contributed by atoms with Crippen LogP contribution in [0.5, 0.6) is 11.5 Å². The van der Waals surface area contributed by atoms with Crippen molar-refractivity contribution in [3.63, 3.8) is 0 Å². The van der Waals surface area contributed by atoms with Gasteiger partial charge in [-0.1, -0.05) is 23.7 Å². The van der Waals surface area contributed by atoms with Gasteiger partial charge in [-0.3, -0.25) is 9.69 Å². The van der Waals surface area contributed by atoms with Gasteiger partial charge in [0, 0.05) is 11.6 Å². The van der Waals surface area contributed by atoms with Crippen LogP contribution in [0.3, 0.4) is 0 Å². The first-order chi connectivity index (χ1) is 11.9. The second kappa shape index (κ2) is 8.74. The molecule has 2 rings (SSSR count). The summed E-state index contributed by atoms with van der Waals surface area (Å²) in [5, 5.41) is 3.41. The average Bonchev–Trinajstić information content (AvgIpc) is 2.61. The number of hydrogen-bond donors (Lipinski definition) is 1. The zero-order valence-corrected chi connectivity index (χ0v) is 15.6. The maximum absolute atomic E-state index is 12.6. The highest BCUT2D eigenvalue weighted by atomic mass is 35.5. The second-order valence-corrected chi connectivity index (χ2v) is 6.21. The number of benzene rings is 2. The van der Waals surface area contributed by atoms with Crippen LogP contribution < -0.4 is 14.8 Å². The summed E-state index contributed by atoms with van der Waals surface area (Å²) in [6.45, 7) is 2.48. The lowest BCUT2D eigenvalue weighted by Crippen LogP contribution is -2.39. The van der Waals surface area contributed by atoms with Gasteiger partial charge in [0.25, 0.3) is 0 Å². The molecule has 1 atom stereocenters. The van der Waals surface area contributed by atoms with E-state index in [1.165, 1.54) is 0 Å². The number of nitrogens with one attached hydrogen (secondary N) is 1. The Morgan fingerprint density at radius 3 is 2.64 bits per heavy atom. The number of methoxy groups -OCH3 is 2. The Morgan fingerprint density at radius 2 is 1.96 bits per heavy atom. The zero-order chi connectivity index (χ0) is 18.4. The first-order valence-electron chi connectivity index (χ1n) is 7.92. The van der Waals surface area contributed by atoms with E-state index in [9.17, 15) is 4.79 Å². The lowest BCUT2D eigenvalue weighted by molar-refractivity contribution is -0.120. The smallest absolute Gasteiger partial charge is 0.241 e. The van der Waals surface area contributed by atoms with E-state index < -0.39 is 0 Å². The first-order valence-corrected chi connectivity index (χ1v) is 8.30. The Hall–Kier alpha value is -2.24. The van der Waals surface area contributed by atoms with E-state index in [4.69, 9.17) is 21.1 Å². The summed E-state index contributed by atoms with van der Waals surface area (Å²) in [5.41, 5.74) is 1.63. The molecular formula is C19H23ClN2O3. The molecule has 1 unspecified atom stereocenters. The molecule has 0 aliphatic rings. The van der Waals surface area contributed by atoms with Gasteiger partial charge in [-0.05, 0) is 49.9 Å². The average molecular weight is 363 g/mol. The third-order valence-corrected chi connectivity index (χ3v) is 4.26. The second-order valence-electron chi connectivity index (χ2n) is 5.78. The number of amides is 1. The number of likely N-dealkylation sites (N-methyl/N-ethyl adjacent to an activating group) is 1. The fourth-order valence-corrected chi connectivity index (χ4v) is 2.58. The lowest BCUT2D eigenvalue weighted by atomic mass is 10.1. The Balaban J connectivity index is 2.04. The summed E-state index contributed by atoms with van der Waals surface area (Å²) in [4.78, 5) is 14.5. The van der Waals surface area contributed by atoms with Crippen LogP contribution in [-0.4, -0.2) is 38.1 Å². The van der Waals surface area contributed by atoms with Gasteiger partial charge in [0.2, 0.25) is 5.91 Å². The third-order valence-electron chi connectivity index (χ3n) is 4.03. The van der Waals surface area contributed by atoms with Gasteiger partial charge in [0.05, 0.1) is 25.9 Å². The minimum atomic E-state index is -0.338. The summed E-state index contributed by atoms with van der Waals surface area (Å²) in [7, 11) is 5.09. The predicted molar refractivity (Wildman–Crippen MR) is 101 cm³/mol. The molecule has 2 aromatic rings. The van der Waals surface area contributed by atoms with Crippen LogP contribution in [0.25, 0.3) is 0 Å². The molecular weight excluding hydrogens is 340 g/mol. The van der Waals surface area contributed by atoms with Crippen LogP contribution in [-0.2, 0) is 11.3 Å². The van der Waals surface area contributed by atoms with Crippen LogP contribution in [0.2, 0.25) is 5.02 Å². The Kier molecular flexibility index (Phi) is 6.67. The molecule has 0 heterocycles. The number of carbonyl (C=O) groups excluding carboxylic acids is 1. The SMILES string of the molecule is COc1cccc(CN(C)C(C)C(=O)Nc2cc(Cl)ccc2OC)c1. The molecule has 0 aliphatic carbocycles. The molecule has 6 heteroatoms. The van der Waals surface area contributed by atoms with Crippen molar-refractivity contribution in [1.29, 1.82) is 0 Å². The molecule has 0 aromatic heterocycles. The molecule has 0 bridgehead atoms. The molecule has 0 saturated heterocycles. The van der Waals surface area contributed by atoms with Gasteiger partial charge in [-0.2, -0.15) is 0 Å². The molecule has 5 nitrogen and oxygen atoms in total. The van der Waals surface area contributed by atoms with Gasteiger partial charge in [-0.15, -0.1) is 0 Å². The number of carbonyl (C=O) groups is 1. The summed E-state index contributed by atoms with van der Waals surface area (Å²) in [5.74, 6) is 1.23. The third kappa shape index (κ3) is 5.11. The van der Waals surface area contributed by atoms with Crippen LogP contribution in [0.15, 0.2) is 42.5 Å². The van der Waals surface area contributed by atoms with E-state index in [-0.39, 0.29) is 11.9 Å². The molecule has 0 aliphatic heterocycles. The van der Waals surface area contributed by atoms with Gasteiger partial charge in [-0.25, -0.2) is 0 Å². The van der Waals surface area contributed by atoms with E-state index in [2.05, 4.69) is 5.32 Å². The van der Waals surface area contributed by atoms with Crippen molar-refractivity contribution in [2.45, 2.75) is 19.5 Å². The molecule has 134 valence electrons. The minimum Gasteiger partial charge on any atom is -0.497 e. The largest absolute Gasteiger partial charge is 0.497 e. The molecule has 0 fully saturated rings. The lowest BCUT2D eigenvalue weighted by Gasteiger charge is -2.24. The standard InChI is InChI=1S/C19H23ClN2O3/c1-13(22(2)12-14-6-5-7-16(10-14)24-3)19(23)21-17-11-15(20)8-9-18(17)25-4/h5-11,13H,12H2,1-4H3,(H,21,23). The summed E-state index contributed by atoms with van der Waals surface area (Å²) >= 11 is 6.01. The number of ether oxygens (including phenoxy) is 2. The maximum Gasteiger partial charge on any atom is 0.241 e. The van der Waals surface area contributed by atoms with Crippen LogP contribution in [0.1, 0.15) is 12.5 Å². The van der Waals surface area contributed by atoms with Gasteiger partial charge in [0.1, 0.15) is 11.5 Å². The normalized spacial score (nSPS) is 11.9. The fraction of sp³-hybridized carbons (Fsp3) is 0.316. The molecule has 1 amide bonds. The first kappa shape index (κ1) is 19.1. The molecule has 1 N–H and O–H groups in total. The van der Waals surface area contributed by atoms with E-state index in [0.29, 0.717) is 23.0 Å². The highest BCUT2D eigenvalue weighted by Crippen LogP contribution is 2.28. The van der Waals surface area contributed by atoms with Gasteiger partial charge >= 0.3 is 0 Å². The number of anilines is 1. The molecule has 0 spiro atoms. The Labute approximate surface area is 153 Å². The quantitative estimate of drug-likeness (QED) is 0.813. The highest BCUT2D eigenvalue weighted by Gasteiger charge is 2.20. The van der Waals surface area contributed by atoms with E-state index in [0.717, 1.165) is 11.3 Å². The van der Waals surface area contributed by atoms with Crippen molar-refractivity contribution in [3.05, 3.63) is 53.1 Å². The fourth-order valence-electron chi connectivity index (χ4n) is 2.41. The maximum atomic E-state index is 12.6. The van der Waals surface area contributed by atoms with Crippen molar-refractivity contribution < 1.29 is 14.3 Å². The van der Waals surface area contributed by atoms with Crippen LogP contribution in [0, 0.1) is 0 Å². The monoisotopic (exact) mass is 362 g/mol. The molecule has 25 heavy (non-hydrogen) atoms. The Bertz CT molecular complexity index is 736. The highest BCUT2D eigenvalue weighted by molar-refractivity contribution is 6.31. The molecule has 0 saturated carbocycles. The number of hydrogen-bond acceptors (Lipinski definition) is 4. The van der Waals surface area contributed by atoms with E-state index >= 15 is 0 Å². The molecule has 0 radical (unpaired) electrons. The van der Waals surface area contributed by atoms with E-state index in [1.54, 1.807) is 32.4 Å². The van der Waals surface area contributed by atoms with Crippen molar-refractivity contribution in [2.24, 2.45) is 0 Å². The zero-order valence-electron chi connectivity index (χ0n) is 14.9. The van der Waals surface area contributed by atoms with Crippen molar-refractivity contribution >= 4 is 23.2 Å². The van der Waals surface area contributed by atoms with Gasteiger partial charge in [0.15, 0.2) is 0 Å². The van der Waals surface area contributed by atoms with Crippen molar-refractivity contribution in [1.82, 2.24) is 4.90 Å². The van der Waals surface area contributed by atoms with Crippen LogP contribution in [0.4, 0.5) is 5.69 Å². The Morgan fingerprint density at radius 1 is 1.20 bits per heavy atom. The minimum absolute atomic E-state index is 0.133.